The molecular weight excluding hydrogens is 244 g/mol. The number of hydrogen-bond donors (Lipinski definition) is 1. The molecule has 2 saturated carbocycles. The molecule has 18 heavy (non-hydrogen) atoms. The van der Waals surface area contributed by atoms with Gasteiger partial charge in [-0.3, -0.25) is 0 Å². The second-order valence-corrected chi connectivity index (χ2v) is 12.8. The number of hydrogen-bond acceptors (Lipinski definition) is 3. The molecule has 0 aromatic heterocycles. The summed E-state index contributed by atoms with van der Waals surface area (Å²) in [7, 11) is -1.78. The third kappa shape index (κ3) is 1.59. The molecule has 4 atom stereocenters. The zero-order valence-corrected chi connectivity index (χ0v) is 13.2. The minimum absolute atomic E-state index is 0.0656. The Bertz CT molecular complexity index is 376. The summed E-state index contributed by atoms with van der Waals surface area (Å²) in [5, 5.41) is 10.8. The number of fused-ring (bicyclic) bond motifs is 3. The van der Waals surface area contributed by atoms with Crippen LogP contribution in [0, 0.1) is 5.92 Å². The van der Waals surface area contributed by atoms with Gasteiger partial charge < -0.3 is 14.3 Å². The van der Waals surface area contributed by atoms with Gasteiger partial charge in [-0.1, -0.05) is 20.8 Å². The Balaban J connectivity index is 1.83. The smallest absolute Gasteiger partial charge is 0.192 e. The molecule has 0 radical (unpaired) electrons. The normalized spacial score (nSPS) is 47.0. The van der Waals surface area contributed by atoms with Crippen LogP contribution in [0.1, 0.15) is 40.0 Å². The highest BCUT2D eigenvalue weighted by Crippen LogP contribution is 2.66. The van der Waals surface area contributed by atoms with E-state index >= 15 is 0 Å². The van der Waals surface area contributed by atoms with Crippen LogP contribution in [0.5, 0.6) is 0 Å². The average molecular weight is 270 g/mol. The molecule has 1 aliphatic heterocycles. The van der Waals surface area contributed by atoms with Crippen molar-refractivity contribution in [1.82, 2.24) is 0 Å². The fourth-order valence-corrected chi connectivity index (χ4v) is 5.18. The zero-order valence-electron chi connectivity index (χ0n) is 12.2. The van der Waals surface area contributed by atoms with Crippen LogP contribution in [0.2, 0.25) is 18.1 Å². The fraction of sp³-hybridized carbons (Fsp3) is 1.00. The molecule has 0 amide bonds. The summed E-state index contributed by atoms with van der Waals surface area (Å²) in [5.41, 5.74) is -0.737. The number of rotatable bonds is 2. The minimum atomic E-state index is -1.78. The monoisotopic (exact) mass is 270 g/mol. The van der Waals surface area contributed by atoms with E-state index in [2.05, 4.69) is 33.9 Å². The Morgan fingerprint density at radius 2 is 1.94 bits per heavy atom. The molecule has 2 aliphatic carbocycles. The molecule has 0 spiro atoms. The third-order valence-electron chi connectivity index (χ3n) is 5.70. The largest absolute Gasteiger partial charge is 0.408 e. The fourth-order valence-electron chi connectivity index (χ4n) is 3.57. The van der Waals surface area contributed by atoms with Gasteiger partial charge in [0.1, 0.15) is 6.10 Å². The predicted molar refractivity (Wildman–Crippen MR) is 73.0 cm³/mol. The molecular formula is C14H26O3Si. The maximum atomic E-state index is 10.6. The van der Waals surface area contributed by atoms with E-state index in [-0.39, 0.29) is 16.7 Å². The van der Waals surface area contributed by atoms with Crippen molar-refractivity contribution in [2.24, 2.45) is 5.92 Å². The van der Waals surface area contributed by atoms with Crippen molar-refractivity contribution < 1.29 is 14.3 Å². The summed E-state index contributed by atoms with van der Waals surface area (Å²) in [4.78, 5) is 0. The molecule has 104 valence electrons. The van der Waals surface area contributed by atoms with Gasteiger partial charge in [0, 0.05) is 6.42 Å². The SMILES string of the molecule is CC(C)(C)[Si](C)(C)OC12CC1C[C@]1(O)CCO[C@H]21. The van der Waals surface area contributed by atoms with E-state index in [1.807, 2.05) is 0 Å². The second kappa shape index (κ2) is 3.40. The van der Waals surface area contributed by atoms with Crippen molar-refractivity contribution in [3.05, 3.63) is 0 Å². The van der Waals surface area contributed by atoms with Crippen molar-refractivity contribution in [3.8, 4) is 0 Å². The van der Waals surface area contributed by atoms with E-state index in [4.69, 9.17) is 9.16 Å². The molecule has 0 aromatic rings. The van der Waals surface area contributed by atoms with E-state index < -0.39 is 13.9 Å². The van der Waals surface area contributed by atoms with Gasteiger partial charge in [-0.05, 0) is 36.9 Å². The molecule has 3 fully saturated rings. The Morgan fingerprint density at radius 1 is 1.28 bits per heavy atom. The van der Waals surface area contributed by atoms with E-state index in [9.17, 15) is 5.11 Å². The first-order valence-electron chi connectivity index (χ1n) is 7.15. The highest BCUT2D eigenvalue weighted by atomic mass is 28.4. The topological polar surface area (TPSA) is 38.7 Å². The molecule has 2 unspecified atom stereocenters. The van der Waals surface area contributed by atoms with Crippen molar-refractivity contribution >= 4 is 8.32 Å². The highest BCUT2D eigenvalue weighted by molar-refractivity contribution is 6.74. The molecule has 0 bridgehead atoms. The van der Waals surface area contributed by atoms with Gasteiger partial charge in [0.25, 0.3) is 0 Å². The molecule has 4 heteroatoms. The van der Waals surface area contributed by atoms with Gasteiger partial charge in [-0.25, -0.2) is 0 Å². The lowest BCUT2D eigenvalue weighted by Gasteiger charge is -2.41. The van der Waals surface area contributed by atoms with Gasteiger partial charge >= 0.3 is 0 Å². The van der Waals surface area contributed by atoms with E-state index in [0.717, 1.165) is 19.3 Å². The van der Waals surface area contributed by atoms with Crippen LogP contribution in [-0.2, 0) is 9.16 Å². The predicted octanol–water partition coefficient (Wildman–Crippen LogP) is 2.69. The van der Waals surface area contributed by atoms with Crippen molar-refractivity contribution in [2.75, 3.05) is 6.61 Å². The summed E-state index contributed by atoms with van der Waals surface area (Å²) in [6.45, 7) is 12.1. The molecule has 1 heterocycles. The highest BCUT2D eigenvalue weighted by Gasteiger charge is 2.76. The van der Waals surface area contributed by atoms with Crippen LogP contribution >= 0.6 is 0 Å². The number of ether oxygens (including phenoxy) is 1. The van der Waals surface area contributed by atoms with Crippen LogP contribution in [0.3, 0.4) is 0 Å². The molecule has 0 aromatic carbocycles. The van der Waals surface area contributed by atoms with Crippen LogP contribution in [0.4, 0.5) is 0 Å². The summed E-state index contributed by atoms with van der Waals surface area (Å²) < 4.78 is 12.5. The van der Waals surface area contributed by atoms with Gasteiger partial charge in [-0.15, -0.1) is 0 Å². The van der Waals surface area contributed by atoms with Gasteiger partial charge in [0.15, 0.2) is 8.32 Å². The van der Waals surface area contributed by atoms with E-state index in [1.54, 1.807) is 0 Å². The Hall–Kier alpha value is 0.0969. The van der Waals surface area contributed by atoms with Crippen molar-refractivity contribution in [3.63, 3.8) is 0 Å². The summed E-state index contributed by atoms with van der Waals surface area (Å²) in [6.07, 6.45) is 2.69. The summed E-state index contributed by atoms with van der Waals surface area (Å²) >= 11 is 0. The van der Waals surface area contributed by atoms with E-state index in [0.29, 0.717) is 12.5 Å². The summed E-state index contributed by atoms with van der Waals surface area (Å²) in [6, 6.07) is 0. The first-order valence-corrected chi connectivity index (χ1v) is 10.1. The third-order valence-corrected chi connectivity index (χ3v) is 10.2. The average Bonchev–Trinajstić information content (AvgIpc) is 2.60. The lowest BCUT2D eigenvalue weighted by molar-refractivity contribution is -0.0786. The maximum absolute atomic E-state index is 10.6. The van der Waals surface area contributed by atoms with Gasteiger partial charge in [0.2, 0.25) is 0 Å². The maximum Gasteiger partial charge on any atom is 0.192 e. The first-order chi connectivity index (χ1) is 8.11. The minimum Gasteiger partial charge on any atom is -0.408 e. The zero-order chi connectivity index (χ0) is 13.4. The lowest BCUT2D eigenvalue weighted by atomic mass is 9.93. The van der Waals surface area contributed by atoms with Crippen LogP contribution in [0.25, 0.3) is 0 Å². The molecule has 1 N–H and O–H groups in total. The second-order valence-electron chi connectivity index (χ2n) is 8.03. The van der Waals surface area contributed by atoms with Gasteiger partial charge in [-0.2, -0.15) is 0 Å². The van der Waals surface area contributed by atoms with Crippen LogP contribution in [-0.4, -0.2) is 37.3 Å². The van der Waals surface area contributed by atoms with E-state index in [1.165, 1.54) is 0 Å². The Kier molecular flexibility index (Phi) is 2.47. The first kappa shape index (κ1) is 13.1. The van der Waals surface area contributed by atoms with Gasteiger partial charge in [0.05, 0.1) is 17.8 Å². The lowest BCUT2D eigenvalue weighted by Crippen LogP contribution is -2.51. The van der Waals surface area contributed by atoms with Crippen molar-refractivity contribution in [2.45, 2.75) is 75.5 Å². The quantitative estimate of drug-likeness (QED) is 0.784. The molecule has 3 nitrogen and oxygen atoms in total. The van der Waals surface area contributed by atoms with Crippen LogP contribution in [0.15, 0.2) is 0 Å². The number of aliphatic hydroxyl groups is 1. The Morgan fingerprint density at radius 3 is 2.56 bits per heavy atom. The Labute approximate surface area is 111 Å². The van der Waals surface area contributed by atoms with Crippen molar-refractivity contribution in [1.29, 1.82) is 0 Å². The summed E-state index contributed by atoms with van der Waals surface area (Å²) in [5.74, 6) is 0.530. The standard InChI is InChI=1S/C14H26O3Si/c1-12(2,3)18(4,5)17-14-9-10(14)8-13(15)6-7-16-11(13)14/h10-11,15H,6-9H2,1-5H3/t10?,11-,13+,14?/m0/s1. The molecule has 3 rings (SSSR count). The molecule has 1 saturated heterocycles. The molecule has 3 aliphatic rings. The van der Waals surface area contributed by atoms with Crippen LogP contribution < -0.4 is 0 Å².